The molecule has 0 unspecified atom stereocenters. The number of rotatable bonds is 7. The zero-order valence-corrected chi connectivity index (χ0v) is 19.1. The number of fused-ring (bicyclic) bond motifs is 2. The highest BCUT2D eigenvalue weighted by Crippen LogP contribution is 2.29. The second-order valence-corrected chi connectivity index (χ2v) is 8.77. The van der Waals surface area contributed by atoms with Crippen LogP contribution in [0.15, 0.2) is 41.3 Å². The van der Waals surface area contributed by atoms with E-state index in [9.17, 15) is 14.7 Å². The Balaban J connectivity index is 1.93. The third-order valence-electron chi connectivity index (χ3n) is 6.22. The summed E-state index contributed by atoms with van der Waals surface area (Å²) in [6.07, 6.45) is 3.35. The zero-order valence-electron chi connectivity index (χ0n) is 19.1. The number of nitrogens with zero attached hydrogens (tertiary/aromatic N) is 3. The Labute approximate surface area is 186 Å². The Morgan fingerprint density at radius 3 is 2.56 bits per heavy atom. The number of benzene rings is 2. The molecule has 0 aliphatic carbocycles. The molecule has 0 saturated heterocycles. The largest absolute Gasteiger partial charge is 0.481 e. The fourth-order valence-electron chi connectivity index (χ4n) is 4.96. The van der Waals surface area contributed by atoms with E-state index in [4.69, 9.17) is 5.73 Å². The molecule has 2 aromatic heterocycles. The fourth-order valence-corrected chi connectivity index (χ4v) is 4.96. The molecule has 7 heteroatoms. The molecule has 168 valence electrons. The Morgan fingerprint density at radius 2 is 1.88 bits per heavy atom. The molecule has 7 nitrogen and oxygen atoms in total. The summed E-state index contributed by atoms with van der Waals surface area (Å²) in [4.78, 5) is 25.2. The molecular weight excluding hydrogens is 404 g/mol. The first-order chi connectivity index (χ1) is 15.2. The van der Waals surface area contributed by atoms with Crippen molar-refractivity contribution in [3.63, 3.8) is 0 Å². The van der Waals surface area contributed by atoms with Gasteiger partial charge < -0.3 is 15.4 Å². The lowest BCUT2D eigenvalue weighted by Gasteiger charge is -2.16. The molecule has 0 amide bonds. The van der Waals surface area contributed by atoms with E-state index in [2.05, 4.69) is 36.7 Å². The number of carboxylic acid groups (broad SMARTS) is 1. The van der Waals surface area contributed by atoms with Gasteiger partial charge in [-0.05, 0) is 61.2 Å². The monoisotopic (exact) mass is 434 g/mol. The van der Waals surface area contributed by atoms with Crippen molar-refractivity contribution in [1.82, 2.24) is 13.7 Å². The van der Waals surface area contributed by atoms with Crippen LogP contribution in [0.3, 0.4) is 0 Å². The number of aryl methyl sites for hydroxylation is 3. The van der Waals surface area contributed by atoms with Crippen molar-refractivity contribution in [2.24, 2.45) is 7.05 Å². The Morgan fingerprint density at radius 1 is 1.12 bits per heavy atom. The van der Waals surface area contributed by atoms with E-state index in [0.717, 1.165) is 28.4 Å². The molecule has 0 aliphatic rings. The highest BCUT2D eigenvalue weighted by atomic mass is 16.4. The SMILES string of the molecule is CCC[C@@H](CC(=O)O)n1c(=O)n(Cc2cn(C)c3cc(C)cc(C)c23)c2ccc(N)cc21. The van der Waals surface area contributed by atoms with Crippen LogP contribution in [0.5, 0.6) is 0 Å². The quantitative estimate of drug-likeness (QED) is 0.423. The summed E-state index contributed by atoms with van der Waals surface area (Å²) in [5, 5.41) is 10.6. The van der Waals surface area contributed by atoms with E-state index in [-0.39, 0.29) is 12.1 Å². The number of imidazole rings is 1. The molecule has 3 N–H and O–H groups in total. The highest BCUT2D eigenvalue weighted by molar-refractivity contribution is 5.88. The van der Waals surface area contributed by atoms with Crippen molar-refractivity contribution < 1.29 is 9.90 Å². The van der Waals surface area contributed by atoms with E-state index < -0.39 is 12.0 Å². The summed E-state index contributed by atoms with van der Waals surface area (Å²) in [5.74, 6) is -0.916. The lowest BCUT2D eigenvalue weighted by atomic mass is 10.0. The van der Waals surface area contributed by atoms with Crippen LogP contribution in [0, 0.1) is 13.8 Å². The van der Waals surface area contributed by atoms with Crippen molar-refractivity contribution in [3.05, 3.63) is 63.7 Å². The normalized spacial score (nSPS) is 12.6. The number of carboxylic acids is 1. The van der Waals surface area contributed by atoms with Crippen molar-refractivity contribution in [2.75, 3.05) is 5.73 Å². The van der Waals surface area contributed by atoms with Crippen molar-refractivity contribution in [3.8, 4) is 0 Å². The molecule has 0 fully saturated rings. The minimum absolute atomic E-state index is 0.103. The maximum atomic E-state index is 13.7. The average Bonchev–Trinajstić information content (AvgIpc) is 3.15. The van der Waals surface area contributed by atoms with Gasteiger partial charge in [0.25, 0.3) is 0 Å². The van der Waals surface area contributed by atoms with Crippen LogP contribution in [0.25, 0.3) is 21.9 Å². The number of aliphatic carboxylic acids is 1. The molecule has 0 saturated carbocycles. The van der Waals surface area contributed by atoms with E-state index in [0.29, 0.717) is 24.2 Å². The van der Waals surface area contributed by atoms with Crippen LogP contribution < -0.4 is 11.4 Å². The highest BCUT2D eigenvalue weighted by Gasteiger charge is 2.23. The van der Waals surface area contributed by atoms with Crippen LogP contribution in [0.1, 0.15) is 48.9 Å². The third-order valence-corrected chi connectivity index (χ3v) is 6.22. The first-order valence-electron chi connectivity index (χ1n) is 11.0. The van der Waals surface area contributed by atoms with Gasteiger partial charge in [0.2, 0.25) is 0 Å². The molecule has 0 radical (unpaired) electrons. The van der Waals surface area contributed by atoms with Crippen LogP contribution in [0.2, 0.25) is 0 Å². The first kappa shape index (κ1) is 21.7. The van der Waals surface area contributed by atoms with Crippen LogP contribution >= 0.6 is 0 Å². The summed E-state index contributed by atoms with van der Waals surface area (Å²) >= 11 is 0. The first-order valence-corrected chi connectivity index (χ1v) is 11.0. The van der Waals surface area contributed by atoms with Crippen molar-refractivity contribution in [1.29, 1.82) is 0 Å². The van der Waals surface area contributed by atoms with E-state index in [1.165, 1.54) is 11.1 Å². The topological polar surface area (TPSA) is 95.2 Å². The standard InChI is InChI=1S/C25H30N4O3/c1-5-6-19(12-23(30)31)29-21-11-18(26)7-8-20(21)28(25(29)32)14-17-13-27(4)22-10-15(2)9-16(3)24(17)22/h7-11,13,19H,5-6,12,14,26H2,1-4H3,(H,30,31)/t19-/m0/s1. The second-order valence-electron chi connectivity index (χ2n) is 8.77. The average molecular weight is 435 g/mol. The molecule has 2 heterocycles. The molecule has 32 heavy (non-hydrogen) atoms. The summed E-state index contributed by atoms with van der Waals surface area (Å²) in [5.41, 5.74) is 12.4. The van der Waals surface area contributed by atoms with Crippen LogP contribution in [-0.4, -0.2) is 24.8 Å². The number of aromatic nitrogens is 3. The lowest BCUT2D eigenvalue weighted by Crippen LogP contribution is -2.29. The van der Waals surface area contributed by atoms with Crippen LogP contribution in [-0.2, 0) is 18.4 Å². The molecular formula is C25H30N4O3. The fraction of sp³-hybridized carbons (Fsp3) is 0.360. The van der Waals surface area contributed by atoms with Gasteiger partial charge in [-0.3, -0.25) is 13.9 Å². The van der Waals surface area contributed by atoms with E-state index >= 15 is 0 Å². The Kier molecular flexibility index (Phi) is 5.59. The molecule has 4 aromatic rings. The molecule has 0 bridgehead atoms. The van der Waals surface area contributed by atoms with Crippen LogP contribution in [0.4, 0.5) is 5.69 Å². The molecule has 0 spiro atoms. The smallest absolute Gasteiger partial charge is 0.329 e. The van der Waals surface area contributed by atoms with Gasteiger partial charge in [-0.1, -0.05) is 19.4 Å². The van der Waals surface area contributed by atoms with Gasteiger partial charge in [0.15, 0.2) is 0 Å². The minimum atomic E-state index is -0.916. The summed E-state index contributed by atoms with van der Waals surface area (Å²) in [6, 6.07) is 9.30. The number of hydrogen-bond acceptors (Lipinski definition) is 3. The number of hydrogen-bond donors (Lipinski definition) is 2. The van der Waals surface area contributed by atoms with Gasteiger partial charge >= 0.3 is 11.7 Å². The van der Waals surface area contributed by atoms with Gasteiger partial charge in [0.05, 0.1) is 24.0 Å². The van der Waals surface area contributed by atoms with Crippen molar-refractivity contribution >= 4 is 33.6 Å². The summed E-state index contributed by atoms with van der Waals surface area (Å²) < 4.78 is 5.47. The summed E-state index contributed by atoms with van der Waals surface area (Å²) in [7, 11) is 2.02. The number of nitrogen functional groups attached to an aromatic ring is 1. The van der Waals surface area contributed by atoms with E-state index in [1.807, 2.05) is 20.0 Å². The van der Waals surface area contributed by atoms with Gasteiger partial charge in [-0.25, -0.2) is 4.79 Å². The van der Waals surface area contributed by atoms with Gasteiger partial charge in [0, 0.05) is 35.9 Å². The Bertz CT molecular complexity index is 1390. The molecule has 2 aromatic carbocycles. The number of anilines is 1. The van der Waals surface area contributed by atoms with E-state index in [1.54, 1.807) is 21.3 Å². The van der Waals surface area contributed by atoms with Crippen molar-refractivity contribution in [2.45, 2.75) is 52.6 Å². The third kappa shape index (κ3) is 3.68. The Hall–Kier alpha value is -3.48. The maximum Gasteiger partial charge on any atom is 0.329 e. The van der Waals surface area contributed by atoms with Gasteiger partial charge in [-0.2, -0.15) is 0 Å². The molecule has 4 rings (SSSR count). The predicted molar refractivity (Wildman–Crippen MR) is 128 cm³/mol. The number of nitrogens with two attached hydrogens (primary N) is 1. The molecule has 1 atom stereocenters. The number of carbonyl (C=O) groups is 1. The lowest BCUT2D eigenvalue weighted by molar-refractivity contribution is -0.137. The summed E-state index contributed by atoms with van der Waals surface area (Å²) in [6.45, 7) is 6.57. The zero-order chi connectivity index (χ0) is 23.2. The van der Waals surface area contributed by atoms with Gasteiger partial charge in [0.1, 0.15) is 0 Å². The minimum Gasteiger partial charge on any atom is -0.481 e. The maximum absolute atomic E-state index is 13.7. The molecule has 0 aliphatic heterocycles. The predicted octanol–water partition coefficient (Wildman–Crippen LogP) is 4.36. The second kappa shape index (κ2) is 8.22. The van der Waals surface area contributed by atoms with Gasteiger partial charge in [-0.15, -0.1) is 0 Å².